The van der Waals surface area contributed by atoms with Crippen LogP contribution in [0.15, 0.2) is 53.7 Å². The number of anilines is 2. The Morgan fingerprint density at radius 2 is 1.75 bits per heavy atom. The van der Waals surface area contributed by atoms with Gasteiger partial charge in [0.25, 0.3) is 0 Å². The number of carbonyl (C=O) groups is 2. The van der Waals surface area contributed by atoms with Crippen LogP contribution in [-0.2, 0) is 9.59 Å². The number of benzene rings is 2. The molecule has 1 heterocycles. The van der Waals surface area contributed by atoms with Gasteiger partial charge in [-0.15, -0.1) is 5.10 Å². The molecule has 28 heavy (non-hydrogen) atoms. The average Bonchev–Trinajstić information content (AvgIpc) is 3.11. The number of amides is 2. The van der Waals surface area contributed by atoms with Crippen LogP contribution in [0.5, 0.6) is 0 Å². The van der Waals surface area contributed by atoms with Gasteiger partial charge in [0, 0.05) is 18.3 Å². The standard InChI is InChI=1S/C19H20N6O2S/c1-12-5-4-6-17(11-12)25-19(22-23-24-25)28-13(2)18(27)21-16-9-7-15(8-10-16)20-14(3)26/h4-11,13H,1-3H3,(H,20,26)(H,21,27). The van der Waals surface area contributed by atoms with Gasteiger partial charge in [-0.2, -0.15) is 4.68 Å². The van der Waals surface area contributed by atoms with E-state index in [9.17, 15) is 9.59 Å². The third-order valence-electron chi connectivity index (χ3n) is 3.81. The predicted molar refractivity (Wildman–Crippen MR) is 109 cm³/mol. The Bertz CT molecular complexity index is 986. The maximum atomic E-state index is 12.5. The van der Waals surface area contributed by atoms with Crippen molar-refractivity contribution in [1.29, 1.82) is 0 Å². The fraction of sp³-hybridized carbons (Fsp3) is 0.211. The van der Waals surface area contributed by atoms with E-state index < -0.39 is 5.25 Å². The largest absolute Gasteiger partial charge is 0.326 e. The van der Waals surface area contributed by atoms with Gasteiger partial charge in [0.15, 0.2) is 0 Å². The van der Waals surface area contributed by atoms with E-state index in [1.807, 2.05) is 31.2 Å². The molecule has 0 saturated carbocycles. The second-order valence-electron chi connectivity index (χ2n) is 6.22. The Morgan fingerprint density at radius 1 is 1.07 bits per heavy atom. The normalized spacial score (nSPS) is 11.7. The van der Waals surface area contributed by atoms with Crippen LogP contribution in [-0.4, -0.2) is 37.3 Å². The molecule has 0 aliphatic rings. The van der Waals surface area contributed by atoms with Crippen LogP contribution in [0.4, 0.5) is 11.4 Å². The number of thioether (sulfide) groups is 1. The molecule has 2 amide bonds. The van der Waals surface area contributed by atoms with Crippen molar-refractivity contribution in [1.82, 2.24) is 20.2 Å². The number of aryl methyl sites for hydroxylation is 1. The van der Waals surface area contributed by atoms with Crippen LogP contribution in [0, 0.1) is 6.92 Å². The molecule has 2 aromatic carbocycles. The highest BCUT2D eigenvalue weighted by molar-refractivity contribution is 8.00. The minimum atomic E-state index is -0.412. The zero-order chi connectivity index (χ0) is 20.1. The van der Waals surface area contributed by atoms with Gasteiger partial charge in [0.05, 0.1) is 10.9 Å². The molecule has 1 unspecified atom stereocenters. The van der Waals surface area contributed by atoms with Gasteiger partial charge in [-0.05, 0) is 66.2 Å². The van der Waals surface area contributed by atoms with Gasteiger partial charge in [0.1, 0.15) is 0 Å². The first-order valence-electron chi connectivity index (χ1n) is 8.63. The van der Waals surface area contributed by atoms with Gasteiger partial charge in [-0.1, -0.05) is 23.9 Å². The van der Waals surface area contributed by atoms with Gasteiger partial charge < -0.3 is 10.6 Å². The summed E-state index contributed by atoms with van der Waals surface area (Å²) in [6.07, 6.45) is 0. The van der Waals surface area contributed by atoms with Crippen LogP contribution in [0.25, 0.3) is 5.69 Å². The lowest BCUT2D eigenvalue weighted by Gasteiger charge is -2.12. The molecule has 8 nitrogen and oxygen atoms in total. The molecule has 0 bridgehead atoms. The van der Waals surface area contributed by atoms with Gasteiger partial charge in [0.2, 0.25) is 17.0 Å². The third kappa shape index (κ3) is 4.95. The zero-order valence-corrected chi connectivity index (χ0v) is 16.5. The maximum Gasteiger partial charge on any atom is 0.237 e. The molecule has 1 aromatic heterocycles. The minimum absolute atomic E-state index is 0.145. The highest BCUT2D eigenvalue weighted by Crippen LogP contribution is 2.24. The van der Waals surface area contributed by atoms with E-state index in [4.69, 9.17) is 0 Å². The summed E-state index contributed by atoms with van der Waals surface area (Å²) in [5, 5.41) is 17.5. The van der Waals surface area contributed by atoms with Crippen LogP contribution < -0.4 is 10.6 Å². The number of hydrogen-bond donors (Lipinski definition) is 2. The Morgan fingerprint density at radius 3 is 2.39 bits per heavy atom. The number of hydrogen-bond acceptors (Lipinski definition) is 6. The van der Waals surface area contributed by atoms with E-state index in [1.54, 1.807) is 35.9 Å². The molecule has 1 atom stereocenters. The van der Waals surface area contributed by atoms with Crippen molar-refractivity contribution in [2.75, 3.05) is 10.6 Å². The lowest BCUT2D eigenvalue weighted by Crippen LogP contribution is -2.23. The Labute approximate surface area is 166 Å². The zero-order valence-electron chi connectivity index (χ0n) is 15.7. The number of nitrogens with one attached hydrogen (secondary N) is 2. The Hall–Kier alpha value is -3.20. The molecule has 0 spiro atoms. The van der Waals surface area contributed by atoms with E-state index in [0.29, 0.717) is 16.5 Å². The first-order chi connectivity index (χ1) is 13.4. The Kier molecular flexibility index (Phi) is 6.05. The number of nitrogens with zero attached hydrogens (tertiary/aromatic N) is 4. The van der Waals surface area contributed by atoms with Crippen molar-refractivity contribution in [3.63, 3.8) is 0 Å². The summed E-state index contributed by atoms with van der Waals surface area (Å²) in [4.78, 5) is 23.6. The lowest BCUT2D eigenvalue weighted by atomic mass is 10.2. The summed E-state index contributed by atoms with van der Waals surface area (Å²) in [7, 11) is 0. The van der Waals surface area contributed by atoms with Crippen molar-refractivity contribution >= 4 is 35.0 Å². The van der Waals surface area contributed by atoms with Crippen molar-refractivity contribution in [3.05, 3.63) is 54.1 Å². The summed E-state index contributed by atoms with van der Waals surface area (Å²) < 4.78 is 1.61. The molecule has 2 N–H and O–H groups in total. The van der Waals surface area contributed by atoms with Crippen molar-refractivity contribution < 1.29 is 9.59 Å². The maximum absolute atomic E-state index is 12.5. The van der Waals surface area contributed by atoms with Crippen LogP contribution >= 0.6 is 11.8 Å². The highest BCUT2D eigenvalue weighted by Gasteiger charge is 2.19. The molecule has 0 radical (unpaired) electrons. The van der Waals surface area contributed by atoms with E-state index in [2.05, 4.69) is 26.2 Å². The van der Waals surface area contributed by atoms with Crippen LogP contribution in [0.2, 0.25) is 0 Å². The third-order valence-corrected chi connectivity index (χ3v) is 4.84. The molecule has 0 saturated heterocycles. The fourth-order valence-electron chi connectivity index (χ4n) is 2.47. The quantitative estimate of drug-likeness (QED) is 0.621. The smallest absolute Gasteiger partial charge is 0.237 e. The molecule has 0 aliphatic carbocycles. The van der Waals surface area contributed by atoms with Gasteiger partial charge in [-0.3, -0.25) is 9.59 Å². The minimum Gasteiger partial charge on any atom is -0.326 e. The summed E-state index contributed by atoms with van der Waals surface area (Å²) in [5.41, 5.74) is 3.25. The van der Waals surface area contributed by atoms with Crippen molar-refractivity contribution in [2.45, 2.75) is 31.2 Å². The molecule has 0 aliphatic heterocycles. The number of rotatable bonds is 6. The summed E-state index contributed by atoms with van der Waals surface area (Å²) >= 11 is 1.27. The second kappa shape index (κ2) is 8.66. The second-order valence-corrected chi connectivity index (χ2v) is 7.53. The van der Waals surface area contributed by atoms with Crippen LogP contribution in [0.3, 0.4) is 0 Å². The Balaban J connectivity index is 1.65. The summed E-state index contributed by atoms with van der Waals surface area (Å²) in [6.45, 7) is 5.23. The van der Waals surface area contributed by atoms with E-state index >= 15 is 0 Å². The van der Waals surface area contributed by atoms with E-state index in [1.165, 1.54) is 18.7 Å². The molecule has 9 heteroatoms. The molecular formula is C19H20N6O2S. The number of tetrazole rings is 1. The number of aromatic nitrogens is 4. The fourth-order valence-corrected chi connectivity index (χ4v) is 3.28. The topological polar surface area (TPSA) is 102 Å². The van der Waals surface area contributed by atoms with Crippen molar-refractivity contribution in [3.8, 4) is 5.69 Å². The summed E-state index contributed by atoms with van der Waals surface area (Å²) in [5.74, 6) is -0.316. The van der Waals surface area contributed by atoms with Crippen molar-refractivity contribution in [2.24, 2.45) is 0 Å². The predicted octanol–water partition coefficient (Wildman–Crippen LogP) is 3.05. The molecule has 144 valence electrons. The molecule has 3 rings (SSSR count). The first kappa shape index (κ1) is 19.6. The molecule has 0 fully saturated rings. The molecule has 3 aromatic rings. The SMILES string of the molecule is CC(=O)Nc1ccc(NC(=O)C(C)Sc2nnnn2-c2cccc(C)c2)cc1. The first-order valence-corrected chi connectivity index (χ1v) is 9.51. The summed E-state index contributed by atoms with van der Waals surface area (Å²) in [6, 6.07) is 14.7. The van der Waals surface area contributed by atoms with Gasteiger partial charge >= 0.3 is 0 Å². The van der Waals surface area contributed by atoms with E-state index in [-0.39, 0.29) is 11.8 Å². The average molecular weight is 396 g/mol. The highest BCUT2D eigenvalue weighted by atomic mass is 32.2. The van der Waals surface area contributed by atoms with Gasteiger partial charge in [-0.25, -0.2) is 0 Å². The van der Waals surface area contributed by atoms with E-state index in [0.717, 1.165) is 11.3 Å². The monoisotopic (exact) mass is 396 g/mol. The number of carbonyl (C=O) groups excluding carboxylic acids is 2. The molecular weight excluding hydrogens is 376 g/mol. The lowest BCUT2D eigenvalue weighted by molar-refractivity contribution is -0.115. The van der Waals surface area contributed by atoms with Crippen LogP contribution in [0.1, 0.15) is 19.4 Å².